The molecule has 3 rings (SSSR count). The highest BCUT2D eigenvalue weighted by atomic mass is 32.2. The Bertz CT molecular complexity index is 804. The monoisotopic (exact) mass is 337 g/mol. The van der Waals surface area contributed by atoms with E-state index < -0.39 is 10.0 Å². The summed E-state index contributed by atoms with van der Waals surface area (Å²) in [5.41, 5.74) is 2.55. The molecular weight excluding hydrogens is 314 g/mol. The standard InChI is InChI=1S/C15H23N5O2S/c1-10(2)14-16-8-11(18-14)9-17-23(21,22)15-12-6-4-5-7-13(12)19-20(15)3/h8,10,17H,4-7,9H2,1-3H3,(H,16,18). The van der Waals surface area contributed by atoms with E-state index in [1.807, 2.05) is 13.8 Å². The number of fused-ring (bicyclic) bond motifs is 1. The van der Waals surface area contributed by atoms with E-state index in [1.54, 1.807) is 13.2 Å². The van der Waals surface area contributed by atoms with Crippen molar-refractivity contribution < 1.29 is 8.42 Å². The Morgan fingerprint density at radius 1 is 1.35 bits per heavy atom. The molecule has 2 N–H and O–H groups in total. The van der Waals surface area contributed by atoms with Gasteiger partial charge in [-0.1, -0.05) is 13.8 Å². The van der Waals surface area contributed by atoms with Crippen molar-refractivity contribution in [1.82, 2.24) is 24.5 Å². The second-order valence-corrected chi connectivity index (χ2v) is 8.02. The Kier molecular flexibility index (Phi) is 4.29. The van der Waals surface area contributed by atoms with E-state index in [9.17, 15) is 8.42 Å². The quantitative estimate of drug-likeness (QED) is 0.867. The molecular formula is C15H23N5O2S. The van der Waals surface area contributed by atoms with Gasteiger partial charge in [0.2, 0.25) is 0 Å². The summed E-state index contributed by atoms with van der Waals surface area (Å²) in [6.07, 6.45) is 5.40. The zero-order chi connectivity index (χ0) is 16.6. The summed E-state index contributed by atoms with van der Waals surface area (Å²) in [6.45, 7) is 4.27. The van der Waals surface area contributed by atoms with E-state index in [2.05, 4.69) is 19.8 Å². The number of hydrogen-bond donors (Lipinski definition) is 2. The lowest BCUT2D eigenvalue weighted by molar-refractivity contribution is 0.559. The lowest BCUT2D eigenvalue weighted by Gasteiger charge is -2.12. The first kappa shape index (κ1) is 16.2. The first-order chi connectivity index (χ1) is 10.9. The normalized spacial score (nSPS) is 15.1. The number of rotatable bonds is 5. The van der Waals surface area contributed by atoms with Gasteiger partial charge in [0.15, 0.2) is 5.03 Å². The largest absolute Gasteiger partial charge is 0.345 e. The molecule has 126 valence electrons. The minimum Gasteiger partial charge on any atom is -0.345 e. The van der Waals surface area contributed by atoms with Gasteiger partial charge in [-0.3, -0.25) is 4.68 Å². The zero-order valence-corrected chi connectivity index (χ0v) is 14.6. The van der Waals surface area contributed by atoms with Gasteiger partial charge in [0.05, 0.1) is 12.2 Å². The number of aromatic nitrogens is 4. The van der Waals surface area contributed by atoms with Crippen LogP contribution in [0.2, 0.25) is 0 Å². The van der Waals surface area contributed by atoms with Gasteiger partial charge in [-0.2, -0.15) is 5.10 Å². The third-order valence-electron chi connectivity index (χ3n) is 4.16. The van der Waals surface area contributed by atoms with Gasteiger partial charge in [0, 0.05) is 30.4 Å². The summed E-state index contributed by atoms with van der Waals surface area (Å²) < 4.78 is 29.5. The highest BCUT2D eigenvalue weighted by Crippen LogP contribution is 2.26. The Hall–Kier alpha value is -1.67. The summed E-state index contributed by atoms with van der Waals surface area (Å²) in [6, 6.07) is 0. The molecule has 1 aliphatic rings. The molecule has 23 heavy (non-hydrogen) atoms. The van der Waals surface area contributed by atoms with Crippen LogP contribution < -0.4 is 4.72 Å². The van der Waals surface area contributed by atoms with Crippen LogP contribution >= 0.6 is 0 Å². The molecule has 8 heteroatoms. The number of sulfonamides is 1. The third kappa shape index (κ3) is 3.18. The van der Waals surface area contributed by atoms with E-state index in [4.69, 9.17) is 0 Å². The number of nitrogens with zero attached hydrogens (tertiary/aromatic N) is 3. The number of H-pyrrole nitrogens is 1. The highest BCUT2D eigenvalue weighted by Gasteiger charge is 2.28. The van der Waals surface area contributed by atoms with Crippen molar-refractivity contribution in [2.24, 2.45) is 7.05 Å². The van der Waals surface area contributed by atoms with Crippen molar-refractivity contribution in [3.63, 3.8) is 0 Å². The molecule has 0 atom stereocenters. The van der Waals surface area contributed by atoms with E-state index in [0.717, 1.165) is 48.5 Å². The molecule has 0 spiro atoms. The van der Waals surface area contributed by atoms with E-state index in [0.29, 0.717) is 5.03 Å². The van der Waals surface area contributed by atoms with Gasteiger partial charge >= 0.3 is 0 Å². The van der Waals surface area contributed by atoms with E-state index in [-0.39, 0.29) is 12.5 Å². The predicted molar refractivity (Wildman–Crippen MR) is 86.6 cm³/mol. The lowest BCUT2D eigenvalue weighted by Crippen LogP contribution is -2.26. The van der Waals surface area contributed by atoms with E-state index in [1.165, 1.54) is 4.68 Å². The first-order valence-corrected chi connectivity index (χ1v) is 9.45. The third-order valence-corrected chi connectivity index (χ3v) is 5.71. The average molecular weight is 337 g/mol. The number of aryl methyl sites for hydroxylation is 2. The number of nitrogens with one attached hydrogen (secondary N) is 2. The van der Waals surface area contributed by atoms with Gasteiger partial charge < -0.3 is 4.98 Å². The summed E-state index contributed by atoms with van der Waals surface area (Å²) in [5.74, 6) is 1.14. The maximum Gasteiger partial charge on any atom is 0.258 e. The van der Waals surface area contributed by atoms with Crippen molar-refractivity contribution >= 4 is 10.0 Å². The van der Waals surface area contributed by atoms with Crippen molar-refractivity contribution in [3.05, 3.63) is 29.0 Å². The first-order valence-electron chi connectivity index (χ1n) is 7.96. The van der Waals surface area contributed by atoms with Gasteiger partial charge in [0.25, 0.3) is 10.0 Å². The van der Waals surface area contributed by atoms with E-state index >= 15 is 0 Å². The zero-order valence-electron chi connectivity index (χ0n) is 13.8. The molecule has 0 saturated heterocycles. The average Bonchev–Trinajstić information content (AvgIpc) is 3.08. The number of hydrogen-bond acceptors (Lipinski definition) is 4. The molecule has 0 saturated carbocycles. The van der Waals surface area contributed by atoms with Crippen LogP contribution in [-0.4, -0.2) is 28.2 Å². The molecule has 0 amide bonds. The van der Waals surface area contributed by atoms with Crippen LogP contribution in [0.5, 0.6) is 0 Å². The van der Waals surface area contributed by atoms with Crippen molar-refractivity contribution in [3.8, 4) is 0 Å². The van der Waals surface area contributed by atoms with Crippen LogP contribution in [0.4, 0.5) is 0 Å². The van der Waals surface area contributed by atoms with Crippen LogP contribution in [0.25, 0.3) is 0 Å². The molecule has 0 unspecified atom stereocenters. The maximum absolute atomic E-state index is 12.7. The van der Waals surface area contributed by atoms with Gasteiger partial charge in [-0.05, 0) is 25.7 Å². The van der Waals surface area contributed by atoms with Crippen LogP contribution in [0.1, 0.15) is 55.4 Å². The Labute approximate surface area is 136 Å². The Balaban J connectivity index is 1.80. The van der Waals surface area contributed by atoms with Gasteiger partial charge in [0.1, 0.15) is 5.82 Å². The van der Waals surface area contributed by atoms with Crippen LogP contribution in [0.15, 0.2) is 11.2 Å². The number of imidazole rings is 1. The number of aromatic amines is 1. The minimum absolute atomic E-state index is 0.196. The van der Waals surface area contributed by atoms with Crippen LogP contribution in [0, 0.1) is 0 Å². The summed E-state index contributed by atoms with van der Waals surface area (Å²) >= 11 is 0. The van der Waals surface area contributed by atoms with Gasteiger partial charge in [-0.15, -0.1) is 0 Å². The van der Waals surface area contributed by atoms with Crippen molar-refractivity contribution in [2.75, 3.05) is 0 Å². The van der Waals surface area contributed by atoms with Crippen LogP contribution in [0.3, 0.4) is 0 Å². The maximum atomic E-state index is 12.7. The predicted octanol–water partition coefficient (Wildman–Crippen LogP) is 1.62. The second kappa shape index (κ2) is 6.09. The fraction of sp³-hybridized carbons (Fsp3) is 0.600. The molecule has 0 bridgehead atoms. The van der Waals surface area contributed by atoms with Gasteiger partial charge in [-0.25, -0.2) is 18.1 Å². The molecule has 2 aromatic rings. The molecule has 2 aromatic heterocycles. The topological polar surface area (TPSA) is 92.7 Å². The SMILES string of the molecule is CC(C)c1ncc(CNS(=O)(=O)c2c3c(nn2C)CCCC3)[nH]1. The summed E-state index contributed by atoms with van der Waals surface area (Å²) in [7, 11) is -1.90. The lowest BCUT2D eigenvalue weighted by atomic mass is 9.99. The molecule has 0 fully saturated rings. The Morgan fingerprint density at radius 3 is 2.78 bits per heavy atom. The summed E-state index contributed by atoms with van der Waals surface area (Å²) in [5, 5.41) is 4.68. The Morgan fingerprint density at radius 2 is 2.09 bits per heavy atom. The molecule has 0 aliphatic heterocycles. The van der Waals surface area contributed by atoms with Crippen LogP contribution in [-0.2, 0) is 36.5 Å². The van der Waals surface area contributed by atoms with Crippen molar-refractivity contribution in [1.29, 1.82) is 0 Å². The molecule has 0 radical (unpaired) electrons. The minimum atomic E-state index is -3.60. The molecule has 1 aliphatic carbocycles. The second-order valence-electron chi connectivity index (χ2n) is 6.33. The highest BCUT2D eigenvalue weighted by molar-refractivity contribution is 7.89. The van der Waals surface area contributed by atoms with Crippen molar-refractivity contribution in [2.45, 2.75) is 57.0 Å². The fourth-order valence-corrected chi connectivity index (χ4v) is 4.40. The fourth-order valence-electron chi connectivity index (χ4n) is 2.99. The smallest absolute Gasteiger partial charge is 0.258 e. The molecule has 2 heterocycles. The molecule has 7 nitrogen and oxygen atoms in total. The summed E-state index contributed by atoms with van der Waals surface area (Å²) in [4.78, 5) is 7.41. The molecule has 0 aromatic carbocycles.